The van der Waals surface area contributed by atoms with Crippen LogP contribution in [0, 0.1) is 11.3 Å². The minimum atomic E-state index is -0.686. The maximum atomic E-state index is 13.1. The quantitative estimate of drug-likeness (QED) is 0.742. The first-order valence-corrected chi connectivity index (χ1v) is 11.0. The van der Waals surface area contributed by atoms with Crippen LogP contribution < -0.4 is 5.56 Å². The minimum Gasteiger partial charge on any atom is -0.466 e. The largest absolute Gasteiger partial charge is 0.466 e. The van der Waals surface area contributed by atoms with E-state index in [-0.39, 0.29) is 23.4 Å². The molecule has 8 heteroatoms. The van der Waals surface area contributed by atoms with Crippen molar-refractivity contribution in [3.8, 4) is 0 Å². The Morgan fingerprint density at radius 1 is 1.27 bits per heavy atom. The fourth-order valence-electron chi connectivity index (χ4n) is 5.45. The van der Waals surface area contributed by atoms with E-state index in [1.807, 2.05) is 6.92 Å². The third-order valence-corrected chi connectivity index (χ3v) is 7.06. The number of carbonyl (C=O) groups is 2. The van der Waals surface area contributed by atoms with Gasteiger partial charge in [-0.2, -0.15) is 0 Å². The number of H-pyrrole nitrogens is 1. The van der Waals surface area contributed by atoms with E-state index in [9.17, 15) is 14.4 Å². The monoisotopic (exact) mass is 417 g/mol. The average molecular weight is 418 g/mol. The van der Waals surface area contributed by atoms with E-state index in [1.54, 1.807) is 17.0 Å². The number of aromatic amines is 1. The van der Waals surface area contributed by atoms with Gasteiger partial charge in [0.1, 0.15) is 5.56 Å². The first kappa shape index (κ1) is 21.1. The lowest BCUT2D eigenvalue weighted by atomic mass is 9.61. The molecule has 30 heavy (non-hydrogen) atoms. The molecule has 3 aliphatic rings. The van der Waals surface area contributed by atoms with Gasteiger partial charge < -0.3 is 19.4 Å². The summed E-state index contributed by atoms with van der Waals surface area (Å²) in [5, 5.41) is 0. The Balaban J connectivity index is 1.55. The van der Waals surface area contributed by atoms with Crippen LogP contribution in [0.4, 0.5) is 0 Å². The fraction of sp³-hybridized carbons (Fsp3) is 0.682. The molecule has 1 aromatic rings. The zero-order chi connectivity index (χ0) is 21.1. The van der Waals surface area contributed by atoms with Gasteiger partial charge in [-0.05, 0) is 50.7 Å². The highest BCUT2D eigenvalue weighted by Crippen LogP contribution is 2.48. The summed E-state index contributed by atoms with van der Waals surface area (Å²) in [6.07, 6.45) is 4.80. The Labute approximate surface area is 176 Å². The van der Waals surface area contributed by atoms with Crippen molar-refractivity contribution in [2.24, 2.45) is 11.3 Å². The number of likely N-dealkylation sites (tertiary alicyclic amines) is 1. The molecule has 1 N–H and O–H groups in total. The van der Waals surface area contributed by atoms with E-state index in [4.69, 9.17) is 9.47 Å². The van der Waals surface area contributed by atoms with Crippen LogP contribution >= 0.6 is 0 Å². The second-order valence-corrected chi connectivity index (χ2v) is 8.58. The lowest BCUT2D eigenvalue weighted by Gasteiger charge is -2.52. The van der Waals surface area contributed by atoms with Gasteiger partial charge in [-0.1, -0.05) is 0 Å². The molecule has 1 aromatic heterocycles. The molecule has 4 rings (SSSR count). The second-order valence-electron chi connectivity index (χ2n) is 8.58. The molecule has 0 aromatic carbocycles. The average Bonchev–Trinajstić information content (AvgIpc) is 2.79. The number of carbonyl (C=O) groups excluding carboxylic acids is 2. The Morgan fingerprint density at radius 3 is 2.80 bits per heavy atom. The molecular formula is C22H31N3O5. The highest BCUT2D eigenvalue weighted by atomic mass is 16.5. The topological polar surface area (TPSA) is 91.9 Å². The van der Waals surface area contributed by atoms with Gasteiger partial charge in [-0.25, -0.2) is 0 Å². The highest BCUT2D eigenvalue weighted by molar-refractivity contribution is 5.94. The minimum absolute atomic E-state index is 0.122. The molecule has 1 aliphatic carbocycles. The van der Waals surface area contributed by atoms with E-state index in [1.165, 1.54) is 6.20 Å². The predicted molar refractivity (Wildman–Crippen MR) is 110 cm³/mol. The second kappa shape index (κ2) is 8.89. The molecule has 164 valence electrons. The summed E-state index contributed by atoms with van der Waals surface area (Å²) in [6.45, 7) is 6.41. The molecule has 0 radical (unpaired) electrons. The molecule has 0 spiro atoms. The number of esters is 1. The van der Waals surface area contributed by atoms with Gasteiger partial charge in [0.2, 0.25) is 0 Å². The van der Waals surface area contributed by atoms with Gasteiger partial charge in [0.25, 0.3) is 11.5 Å². The molecule has 1 saturated carbocycles. The van der Waals surface area contributed by atoms with Crippen LogP contribution in [-0.2, 0) is 14.3 Å². The van der Waals surface area contributed by atoms with Crippen LogP contribution in [-0.4, -0.2) is 78.7 Å². The molecule has 3 heterocycles. The lowest BCUT2D eigenvalue weighted by Crippen LogP contribution is -2.60. The van der Waals surface area contributed by atoms with Gasteiger partial charge in [0.15, 0.2) is 0 Å². The number of ether oxygens (including phenoxy) is 2. The number of rotatable bonds is 4. The molecule has 2 saturated heterocycles. The van der Waals surface area contributed by atoms with Crippen molar-refractivity contribution in [3.05, 3.63) is 34.2 Å². The zero-order valence-electron chi connectivity index (χ0n) is 17.6. The summed E-state index contributed by atoms with van der Waals surface area (Å²) in [7, 11) is 0. The summed E-state index contributed by atoms with van der Waals surface area (Å²) < 4.78 is 11.0. The Morgan fingerprint density at radius 2 is 2.07 bits per heavy atom. The van der Waals surface area contributed by atoms with Crippen molar-refractivity contribution < 1.29 is 19.1 Å². The summed E-state index contributed by atoms with van der Waals surface area (Å²) in [6, 6.07) is 3.64. The third-order valence-electron chi connectivity index (χ3n) is 7.06. The summed E-state index contributed by atoms with van der Waals surface area (Å²) in [4.78, 5) is 45.0. The normalized spacial score (nSPS) is 29.8. The van der Waals surface area contributed by atoms with E-state index in [2.05, 4.69) is 9.88 Å². The maximum absolute atomic E-state index is 13.1. The summed E-state index contributed by atoms with van der Waals surface area (Å²) >= 11 is 0. The van der Waals surface area contributed by atoms with Crippen molar-refractivity contribution in [3.63, 3.8) is 0 Å². The van der Waals surface area contributed by atoms with Crippen molar-refractivity contribution in [1.29, 1.82) is 0 Å². The first-order valence-electron chi connectivity index (χ1n) is 11.0. The van der Waals surface area contributed by atoms with E-state index < -0.39 is 11.0 Å². The van der Waals surface area contributed by atoms with Gasteiger partial charge in [0.05, 0.1) is 25.2 Å². The van der Waals surface area contributed by atoms with Crippen molar-refractivity contribution in [2.75, 3.05) is 46.0 Å². The zero-order valence-corrected chi connectivity index (χ0v) is 17.6. The van der Waals surface area contributed by atoms with Crippen LogP contribution in [0.25, 0.3) is 0 Å². The van der Waals surface area contributed by atoms with Gasteiger partial charge in [0, 0.05) is 38.4 Å². The molecular weight excluding hydrogens is 386 g/mol. The van der Waals surface area contributed by atoms with E-state index in [0.717, 1.165) is 45.6 Å². The fourth-order valence-corrected chi connectivity index (χ4v) is 5.45. The van der Waals surface area contributed by atoms with Crippen LogP contribution in [0.3, 0.4) is 0 Å². The number of fused-ring (bicyclic) bond motifs is 1. The number of hydrogen-bond acceptors (Lipinski definition) is 6. The lowest BCUT2D eigenvalue weighted by molar-refractivity contribution is -0.168. The summed E-state index contributed by atoms with van der Waals surface area (Å²) in [5.74, 6) is -0.333. The molecule has 3 fully saturated rings. The Bertz CT molecular complexity index is 834. The number of nitrogens with zero attached hydrogens (tertiary/aromatic N) is 2. The standard InChI is InChI=1S/C22H31N3O5/c1-2-30-21(28)22-7-5-17(24-10-12-29-13-11-24)14-16(22)6-9-25(15-22)20(27)18-4-3-8-23-19(18)26/h3-4,8,16-17H,2,5-7,9-15H2,1H3,(H,23,26)/t16-,17-,22-/m1/s1. The van der Waals surface area contributed by atoms with E-state index in [0.29, 0.717) is 32.2 Å². The van der Waals surface area contributed by atoms with Crippen LogP contribution in [0.5, 0.6) is 0 Å². The number of amides is 1. The number of nitrogens with one attached hydrogen (secondary N) is 1. The van der Waals surface area contributed by atoms with Crippen molar-refractivity contribution >= 4 is 11.9 Å². The van der Waals surface area contributed by atoms with Crippen LogP contribution in [0.2, 0.25) is 0 Å². The molecule has 0 bridgehead atoms. The number of aromatic nitrogens is 1. The van der Waals surface area contributed by atoms with Crippen molar-refractivity contribution in [2.45, 2.75) is 38.6 Å². The highest BCUT2D eigenvalue weighted by Gasteiger charge is 2.54. The molecule has 1 amide bonds. The van der Waals surface area contributed by atoms with Gasteiger partial charge >= 0.3 is 5.97 Å². The number of piperidine rings is 1. The summed E-state index contributed by atoms with van der Waals surface area (Å²) in [5.41, 5.74) is -0.961. The molecule has 8 nitrogen and oxygen atoms in total. The van der Waals surface area contributed by atoms with Crippen LogP contribution in [0.15, 0.2) is 23.1 Å². The first-order chi connectivity index (χ1) is 14.5. The van der Waals surface area contributed by atoms with Crippen LogP contribution in [0.1, 0.15) is 43.0 Å². The van der Waals surface area contributed by atoms with Crippen molar-refractivity contribution in [1.82, 2.24) is 14.8 Å². The molecule has 2 aliphatic heterocycles. The van der Waals surface area contributed by atoms with Gasteiger partial charge in [-0.15, -0.1) is 0 Å². The van der Waals surface area contributed by atoms with Gasteiger partial charge in [-0.3, -0.25) is 19.3 Å². The number of pyridine rings is 1. The molecule has 0 unspecified atom stereocenters. The van der Waals surface area contributed by atoms with E-state index >= 15 is 0 Å². The Kier molecular flexibility index (Phi) is 6.24. The number of hydrogen-bond donors (Lipinski definition) is 1. The number of morpholine rings is 1. The smallest absolute Gasteiger partial charge is 0.314 e. The maximum Gasteiger partial charge on any atom is 0.314 e. The third kappa shape index (κ3) is 3.90. The predicted octanol–water partition coefficient (Wildman–Crippen LogP) is 1.27. The SMILES string of the molecule is CCOC(=O)[C@@]12CC[C@@H](N3CCOCC3)C[C@H]1CCN(C(=O)c1ccc[nH]c1=O)C2. The Hall–Kier alpha value is -2.19. The molecule has 3 atom stereocenters.